The highest BCUT2D eigenvalue weighted by Crippen LogP contribution is 2.14. The van der Waals surface area contributed by atoms with Crippen LogP contribution in [0.1, 0.15) is 12.0 Å². The summed E-state index contributed by atoms with van der Waals surface area (Å²) >= 11 is 0. The first-order valence-electron chi connectivity index (χ1n) is 6.11. The Bertz CT molecular complexity index is 519. The quantitative estimate of drug-likeness (QED) is 0.817. The molecule has 4 nitrogen and oxygen atoms in total. The van der Waals surface area contributed by atoms with Gasteiger partial charge in [0.05, 0.1) is 6.61 Å². The monoisotopic (exact) mass is 246 g/mol. The summed E-state index contributed by atoms with van der Waals surface area (Å²) in [5.41, 5.74) is 2.36. The normalized spacial score (nSPS) is 10.7. The summed E-state index contributed by atoms with van der Waals surface area (Å²) in [5, 5.41) is 4.09. The Morgan fingerprint density at radius 1 is 1.39 bits per heavy atom. The highest BCUT2D eigenvalue weighted by atomic mass is 16.5. The zero-order chi connectivity index (χ0) is 12.8. The second-order valence-corrected chi connectivity index (χ2v) is 4.24. The standard InChI is InChI=1S/C14H18N2O2/c1-18-9-6-14(17)16-7-4-11-2-3-12-5-8-15-13(12)10-11/h2-3,5,8,10,15H,4,6-7,9H2,1H3,(H,16,17). The van der Waals surface area contributed by atoms with E-state index in [9.17, 15) is 4.79 Å². The van der Waals surface area contributed by atoms with E-state index in [1.165, 1.54) is 10.9 Å². The fourth-order valence-electron chi connectivity index (χ4n) is 1.88. The summed E-state index contributed by atoms with van der Waals surface area (Å²) in [6, 6.07) is 8.35. The Hall–Kier alpha value is -1.81. The lowest BCUT2D eigenvalue weighted by atomic mass is 10.1. The van der Waals surface area contributed by atoms with Crippen LogP contribution in [0.25, 0.3) is 10.9 Å². The molecule has 0 saturated carbocycles. The number of methoxy groups -OCH3 is 1. The average molecular weight is 246 g/mol. The molecule has 0 aliphatic rings. The van der Waals surface area contributed by atoms with E-state index in [2.05, 4.69) is 28.5 Å². The molecule has 1 heterocycles. The zero-order valence-corrected chi connectivity index (χ0v) is 10.5. The number of hydrogen-bond donors (Lipinski definition) is 2. The first-order valence-corrected chi connectivity index (χ1v) is 6.11. The summed E-state index contributed by atoms with van der Waals surface area (Å²) in [6.07, 6.45) is 3.20. The third kappa shape index (κ3) is 3.34. The summed E-state index contributed by atoms with van der Waals surface area (Å²) in [4.78, 5) is 14.5. The van der Waals surface area contributed by atoms with Crippen LogP contribution in [0, 0.1) is 0 Å². The van der Waals surface area contributed by atoms with Crippen molar-refractivity contribution in [3.05, 3.63) is 36.0 Å². The van der Waals surface area contributed by atoms with Gasteiger partial charge in [-0.15, -0.1) is 0 Å². The van der Waals surface area contributed by atoms with E-state index >= 15 is 0 Å². The lowest BCUT2D eigenvalue weighted by molar-refractivity contribution is -0.121. The van der Waals surface area contributed by atoms with Gasteiger partial charge in [0.2, 0.25) is 5.91 Å². The first-order chi connectivity index (χ1) is 8.79. The minimum Gasteiger partial charge on any atom is -0.384 e. The lowest BCUT2D eigenvalue weighted by Gasteiger charge is -2.05. The zero-order valence-electron chi connectivity index (χ0n) is 10.5. The van der Waals surface area contributed by atoms with Crippen LogP contribution in [0.2, 0.25) is 0 Å². The van der Waals surface area contributed by atoms with E-state index in [0.717, 1.165) is 11.9 Å². The molecule has 18 heavy (non-hydrogen) atoms. The van der Waals surface area contributed by atoms with Gasteiger partial charge in [-0.25, -0.2) is 0 Å². The molecule has 0 aliphatic heterocycles. The molecule has 1 aromatic carbocycles. The number of hydrogen-bond acceptors (Lipinski definition) is 2. The number of benzene rings is 1. The molecule has 96 valence electrons. The van der Waals surface area contributed by atoms with Gasteiger partial charge in [0, 0.05) is 31.8 Å². The predicted octanol–water partition coefficient (Wildman–Crippen LogP) is 1.86. The number of aromatic nitrogens is 1. The summed E-state index contributed by atoms with van der Waals surface area (Å²) < 4.78 is 4.85. The van der Waals surface area contributed by atoms with Gasteiger partial charge in [-0.05, 0) is 29.5 Å². The first kappa shape index (κ1) is 12.6. The Labute approximate surface area is 106 Å². The van der Waals surface area contributed by atoms with E-state index < -0.39 is 0 Å². The Morgan fingerprint density at radius 2 is 2.28 bits per heavy atom. The van der Waals surface area contributed by atoms with Gasteiger partial charge in [0.15, 0.2) is 0 Å². The number of aromatic amines is 1. The number of carbonyl (C=O) groups is 1. The van der Waals surface area contributed by atoms with Crippen LogP contribution >= 0.6 is 0 Å². The maximum Gasteiger partial charge on any atom is 0.222 e. The van der Waals surface area contributed by atoms with E-state index in [1.807, 2.05) is 12.3 Å². The van der Waals surface area contributed by atoms with Gasteiger partial charge in [-0.1, -0.05) is 12.1 Å². The van der Waals surface area contributed by atoms with Crippen molar-refractivity contribution < 1.29 is 9.53 Å². The molecular weight excluding hydrogens is 228 g/mol. The van der Waals surface area contributed by atoms with E-state index in [-0.39, 0.29) is 5.91 Å². The molecule has 1 aromatic heterocycles. The summed E-state index contributed by atoms with van der Waals surface area (Å²) in [6.45, 7) is 1.13. The van der Waals surface area contributed by atoms with Crippen LogP contribution in [-0.4, -0.2) is 31.2 Å². The largest absolute Gasteiger partial charge is 0.384 e. The van der Waals surface area contributed by atoms with Crippen molar-refractivity contribution in [3.8, 4) is 0 Å². The van der Waals surface area contributed by atoms with Crippen molar-refractivity contribution in [2.24, 2.45) is 0 Å². The van der Waals surface area contributed by atoms with Crippen molar-refractivity contribution in [2.75, 3.05) is 20.3 Å². The van der Waals surface area contributed by atoms with Crippen LogP contribution in [0.4, 0.5) is 0 Å². The van der Waals surface area contributed by atoms with Gasteiger partial charge in [-0.3, -0.25) is 4.79 Å². The molecule has 2 N–H and O–H groups in total. The summed E-state index contributed by atoms with van der Waals surface area (Å²) in [5.74, 6) is 0.0396. The highest BCUT2D eigenvalue weighted by molar-refractivity contribution is 5.80. The Morgan fingerprint density at radius 3 is 3.11 bits per heavy atom. The molecule has 0 fully saturated rings. The molecule has 0 bridgehead atoms. The molecule has 0 spiro atoms. The van der Waals surface area contributed by atoms with Gasteiger partial charge in [0.1, 0.15) is 0 Å². The van der Waals surface area contributed by atoms with Crippen LogP contribution in [0.3, 0.4) is 0 Å². The van der Waals surface area contributed by atoms with E-state index in [4.69, 9.17) is 4.74 Å². The number of ether oxygens (including phenoxy) is 1. The topological polar surface area (TPSA) is 54.1 Å². The Kier molecular flexibility index (Phi) is 4.36. The third-order valence-corrected chi connectivity index (χ3v) is 2.89. The molecule has 0 radical (unpaired) electrons. The number of carbonyl (C=O) groups excluding carboxylic acids is 1. The fourth-order valence-corrected chi connectivity index (χ4v) is 1.88. The number of fused-ring (bicyclic) bond motifs is 1. The van der Waals surface area contributed by atoms with Gasteiger partial charge < -0.3 is 15.0 Å². The molecule has 2 rings (SSSR count). The second kappa shape index (κ2) is 6.21. The average Bonchev–Trinajstić information content (AvgIpc) is 2.83. The SMILES string of the molecule is COCCC(=O)NCCc1ccc2cc[nH]c2c1. The number of H-pyrrole nitrogens is 1. The molecule has 0 aliphatic carbocycles. The van der Waals surface area contributed by atoms with Gasteiger partial charge in [0.25, 0.3) is 0 Å². The molecule has 2 aromatic rings. The van der Waals surface area contributed by atoms with Crippen molar-refractivity contribution in [1.82, 2.24) is 10.3 Å². The van der Waals surface area contributed by atoms with Crippen LogP contribution in [-0.2, 0) is 16.0 Å². The highest BCUT2D eigenvalue weighted by Gasteiger charge is 2.01. The Balaban J connectivity index is 1.81. The van der Waals surface area contributed by atoms with Crippen LogP contribution < -0.4 is 5.32 Å². The van der Waals surface area contributed by atoms with Crippen LogP contribution in [0.5, 0.6) is 0 Å². The minimum atomic E-state index is 0.0396. The maximum atomic E-state index is 11.4. The minimum absolute atomic E-state index is 0.0396. The lowest BCUT2D eigenvalue weighted by Crippen LogP contribution is -2.26. The van der Waals surface area contributed by atoms with E-state index in [1.54, 1.807) is 7.11 Å². The van der Waals surface area contributed by atoms with Gasteiger partial charge >= 0.3 is 0 Å². The molecule has 0 saturated heterocycles. The number of amides is 1. The molecule has 1 amide bonds. The van der Waals surface area contributed by atoms with Crippen molar-refractivity contribution >= 4 is 16.8 Å². The van der Waals surface area contributed by atoms with Crippen molar-refractivity contribution in [2.45, 2.75) is 12.8 Å². The third-order valence-electron chi connectivity index (χ3n) is 2.89. The molecule has 0 atom stereocenters. The second-order valence-electron chi connectivity index (χ2n) is 4.24. The van der Waals surface area contributed by atoms with Gasteiger partial charge in [-0.2, -0.15) is 0 Å². The van der Waals surface area contributed by atoms with Crippen molar-refractivity contribution in [1.29, 1.82) is 0 Å². The van der Waals surface area contributed by atoms with E-state index in [0.29, 0.717) is 19.6 Å². The smallest absolute Gasteiger partial charge is 0.222 e. The molecular formula is C14H18N2O2. The number of nitrogens with one attached hydrogen (secondary N) is 2. The molecule has 0 unspecified atom stereocenters. The van der Waals surface area contributed by atoms with Crippen molar-refractivity contribution in [3.63, 3.8) is 0 Å². The molecule has 4 heteroatoms. The summed E-state index contributed by atoms with van der Waals surface area (Å²) in [7, 11) is 1.60. The van der Waals surface area contributed by atoms with Crippen LogP contribution in [0.15, 0.2) is 30.5 Å². The fraction of sp³-hybridized carbons (Fsp3) is 0.357. The maximum absolute atomic E-state index is 11.4. The predicted molar refractivity (Wildman–Crippen MR) is 71.5 cm³/mol. The number of rotatable bonds is 6.